The van der Waals surface area contributed by atoms with Crippen molar-refractivity contribution in [2.45, 2.75) is 48.0 Å². The fourth-order valence-electron chi connectivity index (χ4n) is 2.04. The van der Waals surface area contributed by atoms with Crippen LogP contribution in [0.1, 0.15) is 48.0 Å². The first kappa shape index (κ1) is 11.0. The molecule has 0 saturated heterocycles. The molecule has 0 nitrogen and oxygen atoms in total. The Labute approximate surface area is 72.4 Å². The molecule has 0 heteroatoms. The van der Waals surface area contributed by atoms with Crippen LogP contribution in [0.5, 0.6) is 0 Å². The van der Waals surface area contributed by atoms with E-state index in [-0.39, 0.29) is 0 Å². The van der Waals surface area contributed by atoms with E-state index in [2.05, 4.69) is 41.5 Å². The third-order valence-electron chi connectivity index (χ3n) is 2.51. The number of hydrogen-bond donors (Lipinski definition) is 0. The van der Waals surface area contributed by atoms with E-state index in [1.807, 2.05) is 0 Å². The summed E-state index contributed by atoms with van der Waals surface area (Å²) in [6, 6.07) is 0. The van der Waals surface area contributed by atoms with Gasteiger partial charge in [-0.15, -0.1) is 0 Å². The first-order valence-electron chi connectivity index (χ1n) is 4.87. The van der Waals surface area contributed by atoms with Crippen molar-refractivity contribution < 1.29 is 0 Å². The van der Waals surface area contributed by atoms with Crippen molar-refractivity contribution >= 4 is 0 Å². The quantitative estimate of drug-likeness (QED) is 0.577. The highest BCUT2D eigenvalue weighted by molar-refractivity contribution is 4.99. The summed E-state index contributed by atoms with van der Waals surface area (Å²) in [5, 5.41) is 0. The van der Waals surface area contributed by atoms with Gasteiger partial charge in [-0.1, -0.05) is 48.0 Å². The van der Waals surface area contributed by atoms with Crippen molar-refractivity contribution in [3.8, 4) is 0 Å². The molecular weight excluding hydrogens is 132 g/mol. The Kier molecular flexibility index (Phi) is 4.79. The zero-order valence-electron chi connectivity index (χ0n) is 8.94. The van der Waals surface area contributed by atoms with Gasteiger partial charge < -0.3 is 0 Å². The van der Waals surface area contributed by atoms with Gasteiger partial charge >= 0.3 is 0 Å². The van der Waals surface area contributed by atoms with Crippen LogP contribution in [-0.4, -0.2) is 0 Å². The SMILES string of the molecule is CCC(C)[C](C(C)C)C(C)C. The smallest absolute Gasteiger partial charge is 0.0162 e. The van der Waals surface area contributed by atoms with Crippen molar-refractivity contribution in [2.24, 2.45) is 17.8 Å². The first-order valence-corrected chi connectivity index (χ1v) is 4.87. The summed E-state index contributed by atoms with van der Waals surface area (Å²) in [5.74, 6) is 4.04. The lowest BCUT2D eigenvalue weighted by molar-refractivity contribution is 0.389. The Balaban J connectivity index is 4.09. The first-order chi connectivity index (χ1) is 5.00. The minimum absolute atomic E-state index is 0.755. The second-order valence-corrected chi connectivity index (χ2v) is 4.12. The van der Waals surface area contributed by atoms with Gasteiger partial charge in [0.05, 0.1) is 0 Å². The Morgan fingerprint density at radius 3 is 1.36 bits per heavy atom. The molecule has 0 amide bonds. The van der Waals surface area contributed by atoms with Crippen LogP contribution >= 0.6 is 0 Å². The molecule has 0 fully saturated rings. The maximum atomic E-state index is 2.34. The van der Waals surface area contributed by atoms with Crippen molar-refractivity contribution in [2.75, 3.05) is 0 Å². The molecule has 0 N–H and O–H groups in total. The van der Waals surface area contributed by atoms with Gasteiger partial charge in [-0.3, -0.25) is 0 Å². The zero-order valence-corrected chi connectivity index (χ0v) is 8.94. The van der Waals surface area contributed by atoms with E-state index in [4.69, 9.17) is 0 Å². The summed E-state index contributed by atoms with van der Waals surface area (Å²) in [6.07, 6.45) is 1.28. The van der Waals surface area contributed by atoms with Gasteiger partial charge in [-0.25, -0.2) is 0 Å². The number of rotatable bonds is 4. The van der Waals surface area contributed by atoms with E-state index in [9.17, 15) is 0 Å². The summed E-state index contributed by atoms with van der Waals surface area (Å²) in [5.41, 5.74) is 0. The van der Waals surface area contributed by atoms with Crippen molar-refractivity contribution in [3.05, 3.63) is 5.92 Å². The Morgan fingerprint density at radius 1 is 0.909 bits per heavy atom. The Morgan fingerprint density at radius 2 is 1.27 bits per heavy atom. The van der Waals surface area contributed by atoms with Crippen LogP contribution in [0.2, 0.25) is 0 Å². The maximum absolute atomic E-state index is 2.34. The topological polar surface area (TPSA) is 0 Å². The molecule has 0 saturated carbocycles. The average Bonchev–Trinajstić information content (AvgIpc) is 1.85. The van der Waals surface area contributed by atoms with Gasteiger partial charge in [-0.05, 0) is 23.7 Å². The Hall–Kier alpha value is 0. The fourth-order valence-corrected chi connectivity index (χ4v) is 2.04. The summed E-state index contributed by atoms with van der Waals surface area (Å²) in [6.45, 7) is 13.8. The van der Waals surface area contributed by atoms with E-state index in [0.29, 0.717) is 0 Å². The molecule has 1 radical (unpaired) electrons. The fraction of sp³-hybridized carbons (Fsp3) is 0.909. The van der Waals surface area contributed by atoms with Crippen LogP contribution < -0.4 is 0 Å². The normalized spacial score (nSPS) is 15.0. The van der Waals surface area contributed by atoms with Crippen LogP contribution in [0, 0.1) is 23.7 Å². The van der Waals surface area contributed by atoms with Gasteiger partial charge in [0, 0.05) is 0 Å². The van der Waals surface area contributed by atoms with Gasteiger partial charge in [-0.2, -0.15) is 0 Å². The predicted molar refractivity (Wildman–Crippen MR) is 52.4 cm³/mol. The van der Waals surface area contributed by atoms with E-state index in [1.165, 1.54) is 6.42 Å². The van der Waals surface area contributed by atoms with Crippen LogP contribution in [0.15, 0.2) is 0 Å². The molecular formula is C11H23. The largest absolute Gasteiger partial charge is 0.0651 e. The molecule has 0 aliphatic carbocycles. The van der Waals surface area contributed by atoms with Crippen molar-refractivity contribution in [1.82, 2.24) is 0 Å². The van der Waals surface area contributed by atoms with E-state index in [0.717, 1.165) is 17.8 Å². The molecule has 0 aliphatic rings. The highest BCUT2D eigenvalue weighted by atomic mass is 14.3. The van der Waals surface area contributed by atoms with Gasteiger partial charge in [0.25, 0.3) is 0 Å². The predicted octanol–water partition coefficient (Wildman–Crippen LogP) is 3.92. The lowest BCUT2D eigenvalue weighted by atomic mass is 9.76. The summed E-state index contributed by atoms with van der Waals surface area (Å²) >= 11 is 0. The van der Waals surface area contributed by atoms with E-state index < -0.39 is 0 Å². The average molecular weight is 155 g/mol. The molecule has 1 atom stereocenters. The van der Waals surface area contributed by atoms with E-state index >= 15 is 0 Å². The molecule has 0 aromatic carbocycles. The second-order valence-electron chi connectivity index (χ2n) is 4.12. The summed E-state index contributed by atoms with van der Waals surface area (Å²) < 4.78 is 0. The van der Waals surface area contributed by atoms with Crippen LogP contribution in [0.3, 0.4) is 0 Å². The molecule has 0 heterocycles. The van der Waals surface area contributed by atoms with Gasteiger partial charge in [0.2, 0.25) is 0 Å². The summed E-state index contributed by atoms with van der Waals surface area (Å²) in [7, 11) is 0. The molecule has 0 spiro atoms. The van der Waals surface area contributed by atoms with Crippen molar-refractivity contribution in [3.63, 3.8) is 0 Å². The van der Waals surface area contributed by atoms with E-state index in [1.54, 1.807) is 5.92 Å². The molecule has 0 rings (SSSR count). The highest BCUT2D eigenvalue weighted by Gasteiger charge is 2.22. The van der Waals surface area contributed by atoms with Crippen LogP contribution in [0.25, 0.3) is 0 Å². The summed E-state index contributed by atoms with van der Waals surface area (Å²) in [4.78, 5) is 0. The zero-order chi connectivity index (χ0) is 9.02. The lowest BCUT2D eigenvalue weighted by Gasteiger charge is -2.29. The molecule has 0 aliphatic heterocycles. The van der Waals surface area contributed by atoms with Gasteiger partial charge in [0.1, 0.15) is 0 Å². The Bertz CT molecular complexity index is 84.2. The highest BCUT2D eigenvalue weighted by Crippen LogP contribution is 2.32. The maximum Gasteiger partial charge on any atom is -0.0162 e. The molecule has 1 unspecified atom stereocenters. The van der Waals surface area contributed by atoms with Gasteiger partial charge in [0.15, 0.2) is 0 Å². The van der Waals surface area contributed by atoms with Crippen LogP contribution in [-0.2, 0) is 0 Å². The molecule has 0 bridgehead atoms. The lowest BCUT2D eigenvalue weighted by Crippen LogP contribution is -2.20. The minimum atomic E-state index is 0.755. The third-order valence-corrected chi connectivity index (χ3v) is 2.51. The number of hydrogen-bond acceptors (Lipinski definition) is 0. The molecule has 0 aromatic heterocycles. The van der Waals surface area contributed by atoms with Crippen LogP contribution in [0.4, 0.5) is 0 Å². The third kappa shape index (κ3) is 3.27. The molecule has 67 valence electrons. The minimum Gasteiger partial charge on any atom is -0.0651 e. The molecule has 0 aromatic rings. The monoisotopic (exact) mass is 155 g/mol. The van der Waals surface area contributed by atoms with Crippen molar-refractivity contribution in [1.29, 1.82) is 0 Å². The standard InChI is InChI=1S/C11H23/c1-7-10(6)11(8(2)3)9(4)5/h8-10H,7H2,1-6H3. The molecule has 11 heavy (non-hydrogen) atoms. The second kappa shape index (κ2) is 4.79.